The summed E-state index contributed by atoms with van der Waals surface area (Å²) in [7, 11) is 0. The maximum atomic E-state index is 11.8. The molecule has 0 radical (unpaired) electrons. The number of aliphatic hydroxyl groups is 2. The molecular formula is C17H24BrNO5. The second kappa shape index (κ2) is 7.39. The number of nitrogens with zero attached hydrogens (tertiary/aromatic N) is 1. The van der Waals surface area contributed by atoms with Crippen molar-refractivity contribution in [3.63, 3.8) is 0 Å². The van der Waals surface area contributed by atoms with E-state index in [1.807, 2.05) is 24.3 Å². The minimum Gasteiger partial charge on any atom is -0.427 e. The van der Waals surface area contributed by atoms with Crippen LogP contribution in [0.25, 0.3) is 0 Å². The molecule has 0 aliphatic carbocycles. The summed E-state index contributed by atoms with van der Waals surface area (Å²) in [5, 5.41) is 22.2. The summed E-state index contributed by atoms with van der Waals surface area (Å²) < 4.78 is 6.04. The van der Waals surface area contributed by atoms with Gasteiger partial charge in [0, 0.05) is 23.5 Å². The van der Waals surface area contributed by atoms with Crippen LogP contribution in [0.3, 0.4) is 0 Å². The molecule has 1 heterocycles. The highest BCUT2D eigenvalue weighted by atomic mass is 79.9. The molecule has 1 aromatic rings. The van der Waals surface area contributed by atoms with Gasteiger partial charge >= 0.3 is 6.16 Å². The Morgan fingerprint density at radius 3 is 2.54 bits per heavy atom. The monoisotopic (exact) mass is 401 g/mol. The zero-order valence-corrected chi connectivity index (χ0v) is 15.7. The van der Waals surface area contributed by atoms with Crippen molar-refractivity contribution < 1.29 is 24.6 Å². The van der Waals surface area contributed by atoms with Crippen molar-refractivity contribution in [3.05, 3.63) is 34.3 Å². The Morgan fingerprint density at radius 2 is 2.00 bits per heavy atom. The van der Waals surface area contributed by atoms with Gasteiger partial charge in [-0.3, -0.25) is 0 Å². The van der Waals surface area contributed by atoms with Gasteiger partial charge in [-0.25, -0.2) is 4.79 Å². The summed E-state index contributed by atoms with van der Waals surface area (Å²) in [6, 6.07) is 7.37. The average Bonchev–Trinajstić information content (AvgIpc) is 2.48. The van der Waals surface area contributed by atoms with Crippen LogP contribution in [0.15, 0.2) is 28.7 Å². The highest BCUT2D eigenvalue weighted by molar-refractivity contribution is 9.10. The largest absolute Gasteiger partial charge is 0.528 e. The number of hydrogen-bond acceptors (Lipinski definition) is 6. The van der Waals surface area contributed by atoms with Gasteiger partial charge in [-0.15, -0.1) is 5.06 Å². The molecule has 7 heteroatoms. The quantitative estimate of drug-likeness (QED) is 0.758. The van der Waals surface area contributed by atoms with Crippen molar-refractivity contribution in [1.82, 2.24) is 5.06 Å². The van der Waals surface area contributed by atoms with Gasteiger partial charge in [-0.05, 0) is 44.9 Å². The number of hydroxylamine groups is 2. The first-order chi connectivity index (χ1) is 11.1. The molecule has 1 fully saturated rings. The molecule has 2 rings (SSSR count). The third-order valence-corrected chi connectivity index (χ3v) is 4.53. The third-order valence-electron chi connectivity index (χ3n) is 4.00. The van der Waals surface area contributed by atoms with E-state index in [2.05, 4.69) is 15.9 Å². The first-order valence-electron chi connectivity index (χ1n) is 7.89. The van der Waals surface area contributed by atoms with E-state index in [4.69, 9.17) is 9.57 Å². The minimum atomic E-state index is -1.16. The molecule has 1 saturated heterocycles. The van der Waals surface area contributed by atoms with Crippen LogP contribution >= 0.6 is 15.9 Å². The Balaban J connectivity index is 2.05. The van der Waals surface area contributed by atoms with Gasteiger partial charge in [-0.1, -0.05) is 28.1 Å². The highest BCUT2D eigenvalue weighted by Crippen LogP contribution is 2.37. The van der Waals surface area contributed by atoms with Crippen LogP contribution in [-0.2, 0) is 15.2 Å². The Hall–Kier alpha value is -1.15. The van der Waals surface area contributed by atoms with Crippen LogP contribution in [0.5, 0.6) is 0 Å². The van der Waals surface area contributed by atoms with E-state index >= 15 is 0 Å². The number of piperidine rings is 1. The van der Waals surface area contributed by atoms with Gasteiger partial charge in [0.15, 0.2) is 0 Å². The van der Waals surface area contributed by atoms with E-state index < -0.39 is 23.3 Å². The molecule has 1 aliphatic rings. The topological polar surface area (TPSA) is 79.2 Å². The molecule has 2 atom stereocenters. The van der Waals surface area contributed by atoms with Crippen LogP contribution in [-0.4, -0.2) is 46.7 Å². The molecule has 2 unspecified atom stereocenters. The van der Waals surface area contributed by atoms with Crippen molar-refractivity contribution in [1.29, 1.82) is 0 Å². The number of rotatable bonds is 3. The number of hydrogen-bond donors (Lipinski definition) is 2. The van der Waals surface area contributed by atoms with E-state index in [0.717, 1.165) is 10.0 Å². The second-order valence-corrected chi connectivity index (χ2v) is 7.92. The summed E-state index contributed by atoms with van der Waals surface area (Å²) in [6.45, 7) is 5.62. The minimum absolute atomic E-state index is 0.221. The normalized spacial score (nSPS) is 25.3. The Bertz CT molecular complexity index is 571. The summed E-state index contributed by atoms with van der Waals surface area (Å²) >= 11 is 3.37. The first kappa shape index (κ1) is 19.2. The van der Waals surface area contributed by atoms with Gasteiger partial charge in [0.2, 0.25) is 0 Å². The summed E-state index contributed by atoms with van der Waals surface area (Å²) in [5.41, 5.74) is -1.06. The van der Waals surface area contributed by atoms with Gasteiger partial charge in [0.1, 0.15) is 5.60 Å². The molecule has 0 bridgehead atoms. The molecule has 2 N–H and O–H groups in total. The predicted octanol–water partition coefficient (Wildman–Crippen LogP) is 2.82. The number of ether oxygens (including phenoxy) is 1. The SMILES string of the molecule is CC(C)(C)OC(=O)ON1CCC(O)(c2ccc(Br)cc2)C(CO)C1. The highest BCUT2D eigenvalue weighted by Gasteiger charge is 2.43. The van der Waals surface area contributed by atoms with Crippen molar-refractivity contribution >= 4 is 22.1 Å². The number of aliphatic hydroxyl groups excluding tert-OH is 1. The Kier molecular flexibility index (Phi) is 5.91. The fourth-order valence-corrected chi connectivity index (χ4v) is 3.04. The van der Waals surface area contributed by atoms with E-state index in [1.54, 1.807) is 20.8 Å². The first-order valence-corrected chi connectivity index (χ1v) is 8.68. The van der Waals surface area contributed by atoms with Crippen LogP contribution in [0.4, 0.5) is 4.79 Å². The zero-order chi connectivity index (χ0) is 18.0. The number of halogens is 1. The molecule has 0 saturated carbocycles. The van der Waals surface area contributed by atoms with E-state index in [-0.39, 0.29) is 13.2 Å². The molecule has 0 spiro atoms. The van der Waals surface area contributed by atoms with Crippen molar-refractivity contribution in [2.24, 2.45) is 5.92 Å². The number of carbonyl (C=O) groups is 1. The Morgan fingerprint density at radius 1 is 1.38 bits per heavy atom. The summed E-state index contributed by atoms with van der Waals surface area (Å²) in [6.07, 6.45) is -0.448. The van der Waals surface area contributed by atoms with Gasteiger partial charge in [-0.2, -0.15) is 0 Å². The smallest absolute Gasteiger partial charge is 0.427 e. The van der Waals surface area contributed by atoms with Crippen LogP contribution < -0.4 is 0 Å². The lowest BCUT2D eigenvalue weighted by atomic mass is 9.77. The lowest BCUT2D eigenvalue weighted by Gasteiger charge is -2.43. The molecule has 6 nitrogen and oxygen atoms in total. The van der Waals surface area contributed by atoms with Crippen LogP contribution in [0.1, 0.15) is 32.8 Å². The van der Waals surface area contributed by atoms with Crippen molar-refractivity contribution in [3.8, 4) is 0 Å². The lowest BCUT2D eigenvalue weighted by Crippen LogP contribution is -2.52. The molecule has 0 amide bonds. The lowest BCUT2D eigenvalue weighted by molar-refractivity contribution is -0.202. The molecule has 134 valence electrons. The second-order valence-electron chi connectivity index (χ2n) is 7.00. The van der Waals surface area contributed by atoms with Crippen LogP contribution in [0.2, 0.25) is 0 Å². The van der Waals surface area contributed by atoms with Crippen molar-refractivity contribution in [2.75, 3.05) is 19.7 Å². The zero-order valence-electron chi connectivity index (χ0n) is 14.2. The molecule has 1 aromatic carbocycles. The number of carbonyl (C=O) groups excluding carboxylic acids is 1. The summed E-state index contributed by atoms with van der Waals surface area (Å²) in [5.74, 6) is -0.477. The third kappa shape index (κ3) is 4.69. The number of benzene rings is 1. The van der Waals surface area contributed by atoms with Crippen molar-refractivity contribution in [2.45, 2.75) is 38.4 Å². The average molecular weight is 402 g/mol. The summed E-state index contributed by atoms with van der Waals surface area (Å²) in [4.78, 5) is 17.0. The molecule has 0 aromatic heterocycles. The van der Waals surface area contributed by atoms with E-state index in [0.29, 0.717) is 13.0 Å². The fourth-order valence-electron chi connectivity index (χ4n) is 2.77. The molecule has 24 heavy (non-hydrogen) atoms. The molecular weight excluding hydrogens is 378 g/mol. The molecule has 1 aliphatic heterocycles. The van der Waals surface area contributed by atoms with Gasteiger partial charge < -0.3 is 19.8 Å². The maximum absolute atomic E-state index is 11.8. The van der Waals surface area contributed by atoms with Crippen LogP contribution in [0, 0.1) is 5.92 Å². The predicted molar refractivity (Wildman–Crippen MR) is 92.1 cm³/mol. The van der Waals surface area contributed by atoms with Gasteiger partial charge in [0.05, 0.1) is 12.2 Å². The standard InChI is InChI=1S/C17H24BrNO5/c1-16(2,3)23-15(21)24-19-9-8-17(22,13(10-19)11-20)12-4-6-14(18)7-5-12/h4-7,13,20,22H,8-11H2,1-3H3. The van der Waals surface area contributed by atoms with E-state index in [1.165, 1.54) is 5.06 Å². The maximum Gasteiger partial charge on any atom is 0.528 e. The van der Waals surface area contributed by atoms with Gasteiger partial charge in [0.25, 0.3) is 0 Å². The fraction of sp³-hybridized carbons (Fsp3) is 0.588. The Labute approximate surface area is 150 Å². The van der Waals surface area contributed by atoms with E-state index in [9.17, 15) is 15.0 Å².